The predicted molar refractivity (Wildman–Crippen MR) is 126 cm³/mol. The number of amides is 1. The molecule has 0 saturated carbocycles. The lowest BCUT2D eigenvalue weighted by molar-refractivity contribution is -0.141. The van der Waals surface area contributed by atoms with Gasteiger partial charge in [-0.15, -0.1) is 11.3 Å². The van der Waals surface area contributed by atoms with Crippen molar-refractivity contribution in [2.75, 3.05) is 12.5 Å². The Hall–Kier alpha value is -2.83. The van der Waals surface area contributed by atoms with E-state index in [9.17, 15) is 29.1 Å². The number of hydrogen-bond donors (Lipinski definition) is 2. The summed E-state index contributed by atoms with van der Waals surface area (Å²) in [4.78, 5) is 60.5. The Morgan fingerprint density at radius 1 is 1.06 bits per heavy atom. The van der Waals surface area contributed by atoms with Gasteiger partial charge in [0.25, 0.3) is 0 Å². The fraction of sp³-hybridized carbons (Fsp3) is 0.286. The van der Waals surface area contributed by atoms with Gasteiger partial charge in [-0.05, 0) is 49.2 Å². The summed E-state index contributed by atoms with van der Waals surface area (Å²) in [6, 6.07) is 10.0. The Morgan fingerprint density at radius 2 is 1.76 bits per heavy atom. The smallest absolute Gasteiger partial charge is 0.370 e. The largest absolute Gasteiger partial charge is 0.480 e. The molecule has 12 heteroatoms. The van der Waals surface area contributed by atoms with Crippen LogP contribution in [0.2, 0.25) is 0 Å². The number of thiophene rings is 1. The summed E-state index contributed by atoms with van der Waals surface area (Å²) in [7, 11) is 0. The van der Waals surface area contributed by atoms with Crippen LogP contribution in [0.15, 0.2) is 47.8 Å². The third-order valence-corrected chi connectivity index (χ3v) is 6.92. The van der Waals surface area contributed by atoms with Gasteiger partial charge in [0, 0.05) is 5.75 Å². The quantitative estimate of drug-likeness (QED) is 0.359. The Balaban J connectivity index is 1.80. The van der Waals surface area contributed by atoms with Crippen molar-refractivity contribution in [1.29, 1.82) is 0 Å². The summed E-state index contributed by atoms with van der Waals surface area (Å²) >= 11 is 2.52. The van der Waals surface area contributed by atoms with E-state index < -0.39 is 40.7 Å². The first-order valence-electron chi connectivity index (χ1n) is 9.42. The number of esters is 1. The van der Waals surface area contributed by atoms with E-state index in [0.717, 1.165) is 11.8 Å². The number of carbonyl (C=O) groups is 5. The van der Waals surface area contributed by atoms with Gasteiger partial charge in [-0.3, -0.25) is 9.59 Å². The van der Waals surface area contributed by atoms with Crippen LogP contribution < -0.4 is 5.32 Å². The van der Waals surface area contributed by atoms with Crippen LogP contribution in [0.5, 0.6) is 0 Å². The van der Waals surface area contributed by atoms with E-state index in [0.29, 0.717) is 16.6 Å². The van der Waals surface area contributed by atoms with E-state index in [1.165, 1.54) is 37.3 Å². The first kappa shape index (κ1) is 26.4. The molecule has 2 N–H and O–H groups in total. The van der Waals surface area contributed by atoms with Gasteiger partial charge in [0.1, 0.15) is 6.04 Å². The molecule has 2 rings (SSSR count). The molecule has 2 aromatic rings. The molecular formula is C21H21NO8S3. The average Bonchev–Trinajstić information content (AvgIpc) is 3.31. The summed E-state index contributed by atoms with van der Waals surface area (Å²) in [6.07, 6.45) is 0. The number of ether oxygens (including phenoxy) is 2. The molecule has 0 radical (unpaired) electrons. The van der Waals surface area contributed by atoms with Crippen molar-refractivity contribution in [3.05, 3.63) is 58.3 Å². The van der Waals surface area contributed by atoms with E-state index in [-0.39, 0.29) is 16.4 Å². The minimum Gasteiger partial charge on any atom is -0.480 e. The van der Waals surface area contributed by atoms with Crippen molar-refractivity contribution in [2.45, 2.75) is 24.6 Å². The predicted octanol–water partition coefficient (Wildman–Crippen LogP) is 3.65. The van der Waals surface area contributed by atoms with E-state index in [4.69, 9.17) is 9.47 Å². The summed E-state index contributed by atoms with van der Waals surface area (Å²) in [5.41, 5.74) is 0.285. The highest BCUT2D eigenvalue weighted by Crippen LogP contribution is 2.30. The molecule has 1 aromatic carbocycles. The summed E-state index contributed by atoms with van der Waals surface area (Å²) in [5.74, 6) is -3.03. The van der Waals surface area contributed by atoms with Crippen molar-refractivity contribution in [2.24, 2.45) is 0 Å². The molecule has 1 atom stereocenters. The Labute approximate surface area is 202 Å². The summed E-state index contributed by atoms with van der Waals surface area (Å²) in [6.45, 7) is 2.36. The molecular weight excluding hydrogens is 490 g/mol. The molecule has 1 heterocycles. The van der Waals surface area contributed by atoms with Crippen LogP contribution in [-0.4, -0.2) is 56.7 Å². The second-order valence-corrected chi connectivity index (χ2v) is 10.4. The van der Waals surface area contributed by atoms with Gasteiger partial charge in [-0.2, -0.15) is 0 Å². The normalized spacial score (nSPS) is 11.8. The maximum atomic E-state index is 12.6. The Morgan fingerprint density at radius 3 is 2.36 bits per heavy atom. The molecule has 1 amide bonds. The minimum atomic E-state index is -1.40. The number of carbonyl (C=O) groups excluding carboxylic acids is 4. The number of rotatable bonds is 10. The molecule has 0 spiro atoms. The molecule has 0 unspecified atom stereocenters. The monoisotopic (exact) mass is 511 g/mol. The van der Waals surface area contributed by atoms with Gasteiger partial charge in [-0.1, -0.05) is 36.0 Å². The highest BCUT2D eigenvalue weighted by atomic mass is 32.2. The number of carboxylic acids is 1. The molecule has 0 bridgehead atoms. The first-order chi connectivity index (χ1) is 15.6. The lowest BCUT2D eigenvalue weighted by atomic mass is 10.2. The van der Waals surface area contributed by atoms with Gasteiger partial charge in [0.2, 0.25) is 17.8 Å². The van der Waals surface area contributed by atoms with Crippen LogP contribution in [0, 0.1) is 0 Å². The fourth-order valence-electron chi connectivity index (χ4n) is 2.21. The topological polar surface area (TPSA) is 136 Å². The molecule has 0 saturated heterocycles. The summed E-state index contributed by atoms with van der Waals surface area (Å²) < 4.78 is 8.33. The van der Waals surface area contributed by atoms with Crippen molar-refractivity contribution < 1.29 is 38.6 Å². The lowest BCUT2D eigenvalue weighted by Crippen LogP contribution is -2.49. The molecule has 0 aliphatic carbocycles. The first-order valence-corrected chi connectivity index (χ1v) is 12.1. The highest BCUT2D eigenvalue weighted by molar-refractivity contribution is 8.16. The molecule has 176 valence electrons. The van der Waals surface area contributed by atoms with Crippen LogP contribution in [-0.2, 0) is 19.1 Å². The SMILES string of the molecule is CC(C)(SC(=O)c1cccs1)C(=O)N[C@@H](CSC(=O)OCOC(=O)c1ccccc1)C(=O)O. The second-order valence-electron chi connectivity index (χ2n) is 6.86. The van der Waals surface area contributed by atoms with E-state index >= 15 is 0 Å². The van der Waals surface area contributed by atoms with Gasteiger partial charge in [0.15, 0.2) is 0 Å². The van der Waals surface area contributed by atoms with Gasteiger partial charge in [-0.25, -0.2) is 14.4 Å². The molecule has 0 aliphatic heterocycles. The highest BCUT2D eigenvalue weighted by Gasteiger charge is 2.35. The Kier molecular flexibility index (Phi) is 9.95. The minimum absolute atomic E-state index is 0.285. The van der Waals surface area contributed by atoms with Crippen LogP contribution >= 0.6 is 34.9 Å². The molecule has 9 nitrogen and oxygen atoms in total. The zero-order valence-corrected chi connectivity index (χ0v) is 20.1. The molecule has 33 heavy (non-hydrogen) atoms. The van der Waals surface area contributed by atoms with Crippen molar-refractivity contribution in [1.82, 2.24) is 5.32 Å². The van der Waals surface area contributed by atoms with Crippen LogP contribution in [0.1, 0.15) is 33.9 Å². The van der Waals surface area contributed by atoms with E-state index in [1.807, 2.05) is 0 Å². The Bertz CT molecular complexity index is 992. The standard InChI is InChI=1S/C21H21NO8S3/c1-21(2,33-18(26)15-9-6-10-31-15)19(27)22-14(16(23)24)11-32-20(28)30-12-29-17(25)13-7-4-3-5-8-13/h3-10,14H,11-12H2,1-2H3,(H,22,27)(H,23,24)/t14-/m0/s1. The van der Waals surface area contributed by atoms with Crippen molar-refractivity contribution >= 4 is 63.1 Å². The maximum Gasteiger partial charge on any atom is 0.370 e. The lowest BCUT2D eigenvalue weighted by Gasteiger charge is -2.24. The van der Waals surface area contributed by atoms with Gasteiger partial charge in [0.05, 0.1) is 15.2 Å². The number of thioether (sulfide) groups is 2. The van der Waals surface area contributed by atoms with Gasteiger partial charge < -0.3 is 19.9 Å². The van der Waals surface area contributed by atoms with Crippen LogP contribution in [0.3, 0.4) is 0 Å². The number of nitrogens with one attached hydrogen (secondary N) is 1. The van der Waals surface area contributed by atoms with Crippen molar-refractivity contribution in [3.8, 4) is 0 Å². The van der Waals surface area contributed by atoms with Crippen LogP contribution in [0.25, 0.3) is 0 Å². The summed E-state index contributed by atoms with van der Waals surface area (Å²) in [5, 5.41) is 12.3. The molecule has 0 fully saturated rings. The van der Waals surface area contributed by atoms with Gasteiger partial charge >= 0.3 is 17.2 Å². The third-order valence-electron chi connectivity index (χ3n) is 3.96. The average molecular weight is 512 g/mol. The van der Waals surface area contributed by atoms with Crippen LogP contribution in [0.4, 0.5) is 4.79 Å². The zero-order chi connectivity index (χ0) is 24.4. The maximum absolute atomic E-state index is 12.6. The van der Waals surface area contributed by atoms with Crippen molar-refractivity contribution in [3.63, 3.8) is 0 Å². The second kappa shape index (κ2) is 12.4. The fourth-order valence-corrected chi connectivity index (χ4v) is 4.48. The zero-order valence-electron chi connectivity index (χ0n) is 17.6. The number of hydrogen-bond acceptors (Lipinski definition) is 10. The number of aliphatic carboxylic acids is 1. The number of benzene rings is 1. The van der Waals surface area contributed by atoms with E-state index in [1.54, 1.807) is 35.7 Å². The third kappa shape index (κ3) is 8.56. The van der Waals surface area contributed by atoms with E-state index in [2.05, 4.69) is 5.32 Å². The molecule has 1 aromatic heterocycles. The molecule has 0 aliphatic rings. The number of carboxylic acid groups (broad SMARTS) is 1.